The predicted molar refractivity (Wildman–Crippen MR) is 85.0 cm³/mol. The number of hydrogen-bond acceptors (Lipinski definition) is 3. The van der Waals surface area contributed by atoms with Crippen molar-refractivity contribution in [1.82, 2.24) is 10.2 Å². The van der Waals surface area contributed by atoms with Gasteiger partial charge < -0.3 is 5.32 Å². The maximum absolute atomic E-state index is 12.5. The summed E-state index contributed by atoms with van der Waals surface area (Å²) < 4.78 is 0. The highest BCUT2D eigenvalue weighted by molar-refractivity contribution is 7.99. The van der Waals surface area contributed by atoms with E-state index in [0.29, 0.717) is 6.54 Å². The zero-order chi connectivity index (χ0) is 14.7. The van der Waals surface area contributed by atoms with Gasteiger partial charge in [0.25, 0.3) is 5.91 Å². The van der Waals surface area contributed by atoms with Crippen LogP contribution in [0.3, 0.4) is 0 Å². The average Bonchev–Trinajstić information content (AvgIpc) is 2.73. The van der Waals surface area contributed by atoms with Crippen LogP contribution < -0.4 is 5.32 Å². The predicted octanol–water partition coefficient (Wildman–Crippen LogP) is 2.52. The Morgan fingerprint density at radius 1 is 1.19 bits per heavy atom. The smallest absolute Gasteiger partial charge is 0.323 e. The highest BCUT2D eigenvalue weighted by Gasteiger charge is 2.50. The first-order chi connectivity index (χ1) is 10.2. The Labute approximate surface area is 128 Å². The van der Waals surface area contributed by atoms with Crippen molar-refractivity contribution >= 4 is 29.8 Å². The van der Waals surface area contributed by atoms with E-state index in [-0.39, 0.29) is 11.9 Å². The van der Waals surface area contributed by atoms with Gasteiger partial charge in [0.2, 0.25) is 0 Å². The van der Waals surface area contributed by atoms with Gasteiger partial charge in [0.05, 0.1) is 0 Å². The molecular formula is C16H18N2O2S. The number of carbonyl (C=O) groups excluding carboxylic acids is 2. The van der Waals surface area contributed by atoms with Crippen molar-refractivity contribution < 1.29 is 9.59 Å². The first kappa shape index (κ1) is 14.2. The molecule has 5 heteroatoms. The first-order valence-electron chi connectivity index (χ1n) is 7.15. The van der Waals surface area contributed by atoms with Gasteiger partial charge in [-0.05, 0) is 29.9 Å². The van der Waals surface area contributed by atoms with E-state index >= 15 is 0 Å². The molecule has 2 saturated heterocycles. The normalized spacial score (nSPS) is 21.2. The molecule has 3 rings (SSSR count). The number of carbonyl (C=O) groups is 2. The molecule has 2 aliphatic rings. The fourth-order valence-corrected chi connectivity index (χ4v) is 3.95. The fraction of sp³-hybridized carbons (Fsp3) is 0.375. The van der Waals surface area contributed by atoms with E-state index in [1.165, 1.54) is 4.90 Å². The monoisotopic (exact) mass is 302 g/mol. The summed E-state index contributed by atoms with van der Waals surface area (Å²) in [5, 5.41) is 2.91. The molecule has 0 saturated carbocycles. The molecule has 4 nitrogen and oxygen atoms in total. The van der Waals surface area contributed by atoms with Crippen LogP contribution in [0.25, 0.3) is 6.08 Å². The zero-order valence-corrected chi connectivity index (χ0v) is 12.6. The lowest BCUT2D eigenvalue weighted by Crippen LogP contribution is -2.49. The quantitative estimate of drug-likeness (QED) is 0.873. The molecule has 2 fully saturated rings. The number of benzene rings is 1. The van der Waals surface area contributed by atoms with Crippen molar-refractivity contribution in [2.45, 2.75) is 18.4 Å². The van der Waals surface area contributed by atoms with Crippen molar-refractivity contribution in [3.63, 3.8) is 0 Å². The Morgan fingerprint density at radius 3 is 2.62 bits per heavy atom. The SMILES string of the molecule is O=C1NC2(CCSCC2)C(=O)N1C/C=C\c1ccccc1. The summed E-state index contributed by atoms with van der Waals surface area (Å²) in [5.41, 5.74) is 0.427. The number of rotatable bonds is 3. The molecule has 0 radical (unpaired) electrons. The van der Waals surface area contributed by atoms with Crippen molar-refractivity contribution in [1.29, 1.82) is 0 Å². The number of amides is 3. The number of thioether (sulfide) groups is 1. The number of nitrogens with zero attached hydrogens (tertiary/aromatic N) is 1. The van der Waals surface area contributed by atoms with Crippen molar-refractivity contribution in [2.75, 3.05) is 18.1 Å². The zero-order valence-electron chi connectivity index (χ0n) is 11.7. The van der Waals surface area contributed by atoms with E-state index in [1.807, 2.05) is 54.2 Å². The second-order valence-corrected chi connectivity index (χ2v) is 6.58. The van der Waals surface area contributed by atoms with E-state index in [0.717, 1.165) is 29.9 Å². The Balaban J connectivity index is 1.67. The standard InChI is InChI=1S/C16H18N2O2S/c19-14-16(8-11-21-12-9-16)17-15(20)18(14)10-4-7-13-5-2-1-3-6-13/h1-7H,8-12H2,(H,17,20)/b7-4-. The lowest BCUT2D eigenvalue weighted by molar-refractivity contribution is -0.131. The van der Waals surface area contributed by atoms with Gasteiger partial charge in [0, 0.05) is 6.54 Å². The van der Waals surface area contributed by atoms with Crippen LogP contribution in [0.15, 0.2) is 36.4 Å². The third-order valence-corrected chi connectivity index (χ3v) is 4.98. The van der Waals surface area contributed by atoms with Crippen LogP contribution in [0.5, 0.6) is 0 Å². The molecule has 0 unspecified atom stereocenters. The molecule has 1 aromatic carbocycles. The van der Waals surface area contributed by atoms with Crippen LogP contribution in [0, 0.1) is 0 Å². The highest BCUT2D eigenvalue weighted by atomic mass is 32.2. The molecule has 0 atom stereocenters. The molecule has 1 N–H and O–H groups in total. The van der Waals surface area contributed by atoms with Gasteiger partial charge in [-0.1, -0.05) is 42.5 Å². The minimum atomic E-state index is -0.636. The Hall–Kier alpha value is -1.75. The van der Waals surface area contributed by atoms with E-state index in [4.69, 9.17) is 0 Å². The second-order valence-electron chi connectivity index (χ2n) is 5.35. The van der Waals surface area contributed by atoms with E-state index in [9.17, 15) is 9.59 Å². The third kappa shape index (κ3) is 2.83. The van der Waals surface area contributed by atoms with Crippen LogP contribution in [-0.4, -0.2) is 40.4 Å². The topological polar surface area (TPSA) is 49.4 Å². The molecular weight excluding hydrogens is 284 g/mol. The van der Waals surface area contributed by atoms with Gasteiger partial charge in [-0.2, -0.15) is 11.8 Å². The lowest BCUT2D eigenvalue weighted by Gasteiger charge is -2.30. The van der Waals surface area contributed by atoms with Crippen LogP contribution in [0.1, 0.15) is 18.4 Å². The van der Waals surface area contributed by atoms with Crippen molar-refractivity contribution in [2.24, 2.45) is 0 Å². The van der Waals surface area contributed by atoms with Crippen molar-refractivity contribution in [3.8, 4) is 0 Å². The number of imide groups is 1. The minimum Gasteiger partial charge on any atom is -0.323 e. The van der Waals surface area contributed by atoms with E-state index in [1.54, 1.807) is 0 Å². The minimum absolute atomic E-state index is 0.0643. The van der Waals surface area contributed by atoms with Gasteiger partial charge in [-0.3, -0.25) is 9.69 Å². The fourth-order valence-electron chi connectivity index (χ4n) is 2.76. The largest absolute Gasteiger partial charge is 0.325 e. The van der Waals surface area contributed by atoms with Gasteiger partial charge in [-0.25, -0.2) is 4.79 Å². The molecule has 110 valence electrons. The summed E-state index contributed by atoms with van der Waals surface area (Å²) in [4.78, 5) is 25.9. The van der Waals surface area contributed by atoms with Gasteiger partial charge in [-0.15, -0.1) is 0 Å². The maximum atomic E-state index is 12.5. The van der Waals surface area contributed by atoms with Gasteiger partial charge in [0.15, 0.2) is 0 Å². The first-order valence-corrected chi connectivity index (χ1v) is 8.30. The van der Waals surface area contributed by atoms with Crippen LogP contribution in [0.2, 0.25) is 0 Å². The number of nitrogens with one attached hydrogen (secondary N) is 1. The molecule has 0 aliphatic carbocycles. The Kier molecular flexibility index (Phi) is 4.01. The summed E-state index contributed by atoms with van der Waals surface area (Å²) in [7, 11) is 0. The molecule has 1 spiro atoms. The van der Waals surface area contributed by atoms with Gasteiger partial charge in [0.1, 0.15) is 5.54 Å². The molecule has 1 aromatic rings. The summed E-state index contributed by atoms with van der Waals surface area (Å²) in [5.74, 6) is 1.80. The summed E-state index contributed by atoms with van der Waals surface area (Å²) >= 11 is 1.84. The molecule has 2 heterocycles. The maximum Gasteiger partial charge on any atom is 0.325 e. The molecule has 21 heavy (non-hydrogen) atoms. The van der Waals surface area contributed by atoms with Crippen LogP contribution in [-0.2, 0) is 4.79 Å². The van der Waals surface area contributed by atoms with Crippen molar-refractivity contribution in [3.05, 3.63) is 42.0 Å². The number of hydrogen-bond donors (Lipinski definition) is 1. The van der Waals surface area contributed by atoms with Crippen LogP contribution >= 0.6 is 11.8 Å². The molecule has 3 amide bonds. The molecule has 2 aliphatic heterocycles. The average molecular weight is 302 g/mol. The Morgan fingerprint density at radius 2 is 1.90 bits per heavy atom. The Bertz CT molecular complexity index is 565. The van der Waals surface area contributed by atoms with E-state index in [2.05, 4.69) is 5.32 Å². The molecule has 0 bridgehead atoms. The third-order valence-electron chi connectivity index (χ3n) is 3.99. The van der Waals surface area contributed by atoms with E-state index < -0.39 is 5.54 Å². The lowest BCUT2D eigenvalue weighted by atomic mass is 9.92. The second kappa shape index (κ2) is 5.93. The highest BCUT2D eigenvalue weighted by Crippen LogP contribution is 2.32. The summed E-state index contributed by atoms with van der Waals surface area (Å²) in [6.45, 7) is 0.328. The van der Waals surface area contributed by atoms with Gasteiger partial charge >= 0.3 is 6.03 Å². The summed E-state index contributed by atoms with van der Waals surface area (Å²) in [6.07, 6.45) is 5.27. The van der Waals surface area contributed by atoms with Crippen LogP contribution in [0.4, 0.5) is 4.79 Å². The molecule has 0 aromatic heterocycles. The number of urea groups is 1. The summed E-state index contributed by atoms with van der Waals surface area (Å²) in [6, 6.07) is 9.60.